The Balaban J connectivity index is 2.01. The zero-order valence-corrected chi connectivity index (χ0v) is 11.5. The smallest absolute Gasteiger partial charge is 0.202 e. The van der Waals surface area contributed by atoms with Crippen molar-refractivity contribution in [3.8, 4) is 0 Å². The van der Waals surface area contributed by atoms with Crippen molar-refractivity contribution in [1.29, 1.82) is 0 Å². The van der Waals surface area contributed by atoms with Gasteiger partial charge in [0.25, 0.3) is 0 Å². The van der Waals surface area contributed by atoms with Crippen LogP contribution in [0.2, 0.25) is 0 Å². The number of hydrogen-bond donors (Lipinski definition) is 2. The van der Waals surface area contributed by atoms with E-state index in [1.54, 1.807) is 0 Å². The van der Waals surface area contributed by atoms with Gasteiger partial charge in [-0.3, -0.25) is 0 Å². The Morgan fingerprint density at radius 3 is 2.59 bits per heavy atom. The molecule has 17 heavy (non-hydrogen) atoms. The van der Waals surface area contributed by atoms with E-state index in [9.17, 15) is 5.11 Å². The number of aromatic nitrogens is 2. The maximum absolute atomic E-state index is 9.89. The highest BCUT2D eigenvalue weighted by atomic mass is 32.1. The number of hydrogen-bond acceptors (Lipinski definition) is 5. The molecule has 96 valence electrons. The highest BCUT2D eigenvalue weighted by Crippen LogP contribution is 2.26. The average molecular weight is 255 g/mol. The van der Waals surface area contributed by atoms with Gasteiger partial charge in [0.15, 0.2) is 0 Å². The lowest BCUT2D eigenvalue weighted by atomic mass is 9.93. The molecule has 1 fully saturated rings. The summed E-state index contributed by atoms with van der Waals surface area (Å²) < 4.78 is 4.36. The first kappa shape index (κ1) is 12.8. The molecule has 1 saturated carbocycles. The monoisotopic (exact) mass is 255 g/mol. The molecule has 1 heterocycles. The van der Waals surface area contributed by atoms with E-state index in [4.69, 9.17) is 0 Å². The van der Waals surface area contributed by atoms with Crippen LogP contribution in [0.15, 0.2) is 0 Å². The van der Waals surface area contributed by atoms with Gasteiger partial charge < -0.3 is 10.4 Å². The molecule has 2 N–H and O–H groups in total. The summed E-state index contributed by atoms with van der Waals surface area (Å²) in [5.74, 6) is 0.871. The van der Waals surface area contributed by atoms with Crippen LogP contribution >= 0.6 is 11.5 Å². The topological polar surface area (TPSA) is 58.0 Å². The summed E-state index contributed by atoms with van der Waals surface area (Å²) in [7, 11) is 0. The molecule has 4 nitrogen and oxygen atoms in total. The van der Waals surface area contributed by atoms with Crippen LogP contribution in [0.1, 0.15) is 52.3 Å². The molecule has 0 aromatic carbocycles. The summed E-state index contributed by atoms with van der Waals surface area (Å²) in [6.07, 6.45) is 3.97. The highest BCUT2D eigenvalue weighted by molar-refractivity contribution is 7.09. The summed E-state index contributed by atoms with van der Waals surface area (Å²) in [4.78, 5) is 4.50. The van der Waals surface area contributed by atoms with E-state index in [-0.39, 0.29) is 17.6 Å². The molecule has 1 aromatic rings. The molecule has 0 spiro atoms. The third-order valence-corrected chi connectivity index (χ3v) is 3.78. The van der Waals surface area contributed by atoms with Gasteiger partial charge in [-0.05, 0) is 12.8 Å². The molecule has 0 bridgehead atoms. The first-order valence-corrected chi connectivity index (χ1v) is 7.03. The maximum atomic E-state index is 9.89. The van der Waals surface area contributed by atoms with Crippen molar-refractivity contribution >= 4 is 16.7 Å². The van der Waals surface area contributed by atoms with Gasteiger partial charge in [0.1, 0.15) is 5.82 Å². The van der Waals surface area contributed by atoms with Crippen LogP contribution in [0, 0.1) is 0 Å². The lowest BCUT2D eigenvalue weighted by molar-refractivity contribution is 0.116. The van der Waals surface area contributed by atoms with Crippen molar-refractivity contribution < 1.29 is 5.11 Å². The zero-order valence-electron chi connectivity index (χ0n) is 10.7. The van der Waals surface area contributed by atoms with E-state index < -0.39 is 0 Å². The summed E-state index contributed by atoms with van der Waals surface area (Å²) in [5.41, 5.74) is -0.0123. The largest absolute Gasteiger partial charge is 0.391 e. The number of anilines is 1. The molecule has 0 saturated heterocycles. The first-order chi connectivity index (χ1) is 7.97. The maximum Gasteiger partial charge on any atom is 0.202 e. The molecule has 1 aromatic heterocycles. The second-order valence-corrected chi connectivity index (χ2v) is 6.53. The minimum Gasteiger partial charge on any atom is -0.391 e. The number of nitrogens with one attached hydrogen (secondary N) is 1. The summed E-state index contributed by atoms with van der Waals surface area (Å²) in [6.45, 7) is 6.32. The van der Waals surface area contributed by atoms with Gasteiger partial charge in [-0.25, -0.2) is 4.98 Å². The first-order valence-electron chi connectivity index (χ1n) is 6.25. The molecular formula is C12H21N3OS. The lowest BCUT2D eigenvalue weighted by Crippen LogP contribution is -2.36. The molecule has 5 heteroatoms. The van der Waals surface area contributed by atoms with Crippen molar-refractivity contribution in [2.75, 3.05) is 5.32 Å². The second kappa shape index (κ2) is 4.90. The third kappa shape index (κ3) is 3.16. The molecule has 0 radical (unpaired) electrons. The quantitative estimate of drug-likeness (QED) is 0.852. The Hall–Kier alpha value is -0.680. The third-order valence-electron chi connectivity index (χ3n) is 3.14. The van der Waals surface area contributed by atoms with E-state index in [1.165, 1.54) is 18.0 Å². The second-order valence-electron chi connectivity index (χ2n) is 5.78. The van der Waals surface area contributed by atoms with Crippen molar-refractivity contribution in [3.05, 3.63) is 5.82 Å². The van der Waals surface area contributed by atoms with Crippen molar-refractivity contribution in [2.24, 2.45) is 0 Å². The molecule has 2 atom stereocenters. The predicted molar refractivity (Wildman–Crippen MR) is 70.5 cm³/mol. The van der Waals surface area contributed by atoms with Crippen LogP contribution in [0.4, 0.5) is 5.13 Å². The van der Waals surface area contributed by atoms with Crippen molar-refractivity contribution in [3.63, 3.8) is 0 Å². The Labute approximate surface area is 107 Å². The molecule has 1 aliphatic carbocycles. The molecule has 1 aliphatic rings. The fourth-order valence-electron chi connectivity index (χ4n) is 2.02. The van der Waals surface area contributed by atoms with E-state index >= 15 is 0 Å². The fourth-order valence-corrected chi connectivity index (χ4v) is 2.84. The highest BCUT2D eigenvalue weighted by Gasteiger charge is 2.25. The van der Waals surface area contributed by atoms with E-state index in [2.05, 4.69) is 35.4 Å². The number of aliphatic hydroxyl groups is 1. The van der Waals surface area contributed by atoms with Crippen LogP contribution in [0.25, 0.3) is 0 Å². The fraction of sp³-hybridized carbons (Fsp3) is 0.833. The van der Waals surface area contributed by atoms with Gasteiger partial charge in [-0.15, -0.1) is 0 Å². The number of rotatable bonds is 2. The minimum absolute atomic E-state index is 0.0123. The Bertz CT molecular complexity index is 372. The van der Waals surface area contributed by atoms with Gasteiger partial charge in [0, 0.05) is 16.9 Å². The van der Waals surface area contributed by atoms with E-state index in [0.717, 1.165) is 30.2 Å². The Morgan fingerprint density at radius 1 is 1.29 bits per heavy atom. The molecule has 0 amide bonds. The van der Waals surface area contributed by atoms with Gasteiger partial charge in [0.2, 0.25) is 5.13 Å². The SMILES string of the molecule is CC(C)(C)c1nsc(NC2CCCCC2O)n1. The Morgan fingerprint density at radius 2 is 2.00 bits per heavy atom. The van der Waals surface area contributed by atoms with Gasteiger partial charge in [0.05, 0.1) is 12.1 Å². The summed E-state index contributed by atoms with van der Waals surface area (Å²) in [6, 6.07) is 0.143. The van der Waals surface area contributed by atoms with Gasteiger partial charge >= 0.3 is 0 Å². The minimum atomic E-state index is -0.245. The van der Waals surface area contributed by atoms with Crippen LogP contribution in [-0.2, 0) is 5.41 Å². The Kier molecular flexibility index (Phi) is 3.68. The van der Waals surface area contributed by atoms with Crippen molar-refractivity contribution in [1.82, 2.24) is 9.36 Å². The van der Waals surface area contributed by atoms with Crippen LogP contribution in [-0.4, -0.2) is 26.6 Å². The summed E-state index contributed by atoms with van der Waals surface area (Å²) in [5, 5.41) is 14.0. The standard InChI is InChI=1S/C12H21N3OS/c1-12(2,3)10-14-11(17-15-10)13-8-6-4-5-7-9(8)16/h8-9,16H,4-7H2,1-3H3,(H,13,14,15). The summed E-state index contributed by atoms with van der Waals surface area (Å²) >= 11 is 1.39. The molecule has 2 unspecified atom stereocenters. The van der Waals surface area contributed by atoms with Gasteiger partial charge in [-0.1, -0.05) is 33.6 Å². The van der Waals surface area contributed by atoms with Gasteiger partial charge in [-0.2, -0.15) is 4.37 Å². The zero-order chi connectivity index (χ0) is 12.5. The van der Waals surface area contributed by atoms with E-state index in [1.807, 2.05) is 0 Å². The van der Waals surface area contributed by atoms with Crippen molar-refractivity contribution in [2.45, 2.75) is 64.0 Å². The average Bonchev–Trinajstić information content (AvgIpc) is 2.69. The van der Waals surface area contributed by atoms with E-state index in [0.29, 0.717) is 0 Å². The molecule has 0 aliphatic heterocycles. The molecular weight excluding hydrogens is 234 g/mol. The lowest BCUT2D eigenvalue weighted by Gasteiger charge is -2.27. The van der Waals surface area contributed by atoms with Crippen LogP contribution in [0.5, 0.6) is 0 Å². The molecule has 2 rings (SSSR count). The predicted octanol–water partition coefficient (Wildman–Crippen LogP) is 2.55. The normalized spacial score (nSPS) is 25.9. The number of nitrogens with zero attached hydrogens (tertiary/aromatic N) is 2. The van der Waals surface area contributed by atoms with Crippen LogP contribution in [0.3, 0.4) is 0 Å². The van der Waals surface area contributed by atoms with Crippen LogP contribution < -0.4 is 5.32 Å². The number of aliphatic hydroxyl groups excluding tert-OH is 1.